The summed E-state index contributed by atoms with van der Waals surface area (Å²) in [6, 6.07) is 3.30. The molecular formula is C19H25N3O4. The van der Waals surface area contributed by atoms with E-state index >= 15 is 0 Å². The first-order chi connectivity index (χ1) is 12.8. The highest BCUT2D eigenvalue weighted by Gasteiger charge is 2.35. The summed E-state index contributed by atoms with van der Waals surface area (Å²) in [4.78, 5) is 14.8. The fourth-order valence-electron chi connectivity index (χ4n) is 3.99. The third-order valence-electron chi connectivity index (χ3n) is 5.36. The molecule has 0 radical (unpaired) electrons. The van der Waals surface area contributed by atoms with Crippen LogP contribution in [0.2, 0.25) is 0 Å². The molecule has 2 aromatic rings. The molecule has 2 aliphatic heterocycles. The van der Waals surface area contributed by atoms with Crippen molar-refractivity contribution in [3.63, 3.8) is 0 Å². The van der Waals surface area contributed by atoms with E-state index in [-0.39, 0.29) is 11.9 Å². The second-order valence-corrected chi connectivity index (χ2v) is 6.99. The van der Waals surface area contributed by atoms with Gasteiger partial charge < -0.3 is 18.8 Å². The Balaban J connectivity index is 1.61. The van der Waals surface area contributed by atoms with Gasteiger partial charge in [0, 0.05) is 33.4 Å². The minimum absolute atomic E-state index is 0.0958. The number of ether oxygens (including phenoxy) is 2. The summed E-state index contributed by atoms with van der Waals surface area (Å²) in [6.45, 7) is 3.58. The van der Waals surface area contributed by atoms with Crippen LogP contribution in [0.15, 0.2) is 29.0 Å². The number of aromatic nitrogens is 2. The van der Waals surface area contributed by atoms with Crippen LogP contribution in [0, 0.1) is 5.92 Å². The second kappa shape index (κ2) is 7.63. The first kappa shape index (κ1) is 17.3. The number of hydrogen-bond donors (Lipinski definition) is 0. The number of methoxy groups -OCH3 is 1. The topological polar surface area (TPSA) is 69.7 Å². The van der Waals surface area contributed by atoms with E-state index in [2.05, 4.69) is 9.78 Å². The Bertz CT molecular complexity index is 734. The zero-order valence-corrected chi connectivity index (χ0v) is 15.1. The summed E-state index contributed by atoms with van der Waals surface area (Å²) in [5.41, 5.74) is 2.31. The van der Waals surface area contributed by atoms with Gasteiger partial charge in [0.1, 0.15) is 0 Å². The van der Waals surface area contributed by atoms with Crippen molar-refractivity contribution < 1.29 is 18.7 Å². The predicted octanol–water partition coefficient (Wildman–Crippen LogP) is 2.29. The van der Waals surface area contributed by atoms with Gasteiger partial charge >= 0.3 is 0 Å². The van der Waals surface area contributed by atoms with Gasteiger partial charge in [0.25, 0.3) is 5.91 Å². The number of amides is 1. The number of hydrogen-bond acceptors (Lipinski definition) is 5. The van der Waals surface area contributed by atoms with Gasteiger partial charge in [-0.05, 0) is 42.9 Å². The number of carbonyl (C=O) groups excluding carboxylic acids is 1. The van der Waals surface area contributed by atoms with Gasteiger partial charge in [-0.3, -0.25) is 9.48 Å². The van der Waals surface area contributed by atoms with E-state index in [0.29, 0.717) is 24.8 Å². The van der Waals surface area contributed by atoms with Crippen molar-refractivity contribution >= 4 is 5.91 Å². The van der Waals surface area contributed by atoms with Crippen LogP contribution in [0.3, 0.4) is 0 Å². The zero-order valence-electron chi connectivity index (χ0n) is 15.1. The zero-order chi connectivity index (χ0) is 17.9. The predicted molar refractivity (Wildman–Crippen MR) is 93.8 cm³/mol. The normalized spacial score (nSPS) is 21.0. The van der Waals surface area contributed by atoms with Gasteiger partial charge in [-0.1, -0.05) is 0 Å². The van der Waals surface area contributed by atoms with Crippen LogP contribution in [0.5, 0.6) is 0 Å². The molecule has 4 heterocycles. The molecule has 7 heteroatoms. The third-order valence-corrected chi connectivity index (χ3v) is 5.36. The molecule has 140 valence electrons. The molecule has 4 rings (SSSR count). The third kappa shape index (κ3) is 3.29. The van der Waals surface area contributed by atoms with Crippen LogP contribution >= 0.6 is 0 Å². The van der Waals surface area contributed by atoms with E-state index in [1.807, 2.05) is 11.1 Å². The van der Waals surface area contributed by atoms with Crippen molar-refractivity contribution in [3.05, 3.63) is 41.6 Å². The maximum absolute atomic E-state index is 12.9. The average Bonchev–Trinajstić information content (AvgIpc) is 3.33. The van der Waals surface area contributed by atoms with Gasteiger partial charge in [-0.15, -0.1) is 0 Å². The quantitative estimate of drug-likeness (QED) is 0.819. The van der Waals surface area contributed by atoms with E-state index in [1.165, 1.54) is 11.8 Å². The van der Waals surface area contributed by atoms with E-state index < -0.39 is 0 Å². The summed E-state index contributed by atoms with van der Waals surface area (Å²) < 4.78 is 18.3. The number of fused-ring (bicyclic) bond motifs is 1. The maximum atomic E-state index is 12.9. The summed E-state index contributed by atoms with van der Waals surface area (Å²) in [5.74, 6) is 0.832. The lowest BCUT2D eigenvalue weighted by Crippen LogP contribution is -2.43. The molecule has 26 heavy (non-hydrogen) atoms. The first-order valence-electron chi connectivity index (χ1n) is 9.23. The minimum Gasteiger partial charge on any atom is -0.459 e. The van der Waals surface area contributed by atoms with Gasteiger partial charge in [-0.25, -0.2) is 0 Å². The molecule has 0 spiro atoms. The fraction of sp³-hybridized carbons (Fsp3) is 0.579. The minimum atomic E-state index is -0.149. The fourth-order valence-corrected chi connectivity index (χ4v) is 3.99. The molecule has 1 saturated heterocycles. The average molecular weight is 359 g/mol. The Morgan fingerprint density at radius 2 is 2.23 bits per heavy atom. The Morgan fingerprint density at radius 1 is 1.38 bits per heavy atom. The van der Waals surface area contributed by atoms with Crippen LogP contribution in [-0.2, 0) is 22.4 Å². The highest BCUT2D eigenvalue weighted by atomic mass is 16.5. The lowest BCUT2D eigenvalue weighted by molar-refractivity contribution is 0.0432. The van der Waals surface area contributed by atoms with E-state index in [1.54, 1.807) is 19.2 Å². The number of rotatable bonds is 5. The van der Waals surface area contributed by atoms with Crippen LogP contribution in [-0.4, -0.2) is 54.1 Å². The summed E-state index contributed by atoms with van der Waals surface area (Å²) in [6.07, 6.45) is 6.39. The first-order valence-corrected chi connectivity index (χ1v) is 9.23. The van der Waals surface area contributed by atoms with Gasteiger partial charge in [0.2, 0.25) is 0 Å². The van der Waals surface area contributed by atoms with Gasteiger partial charge in [0.05, 0.1) is 30.8 Å². The van der Waals surface area contributed by atoms with E-state index in [0.717, 1.165) is 44.7 Å². The molecule has 0 N–H and O–H groups in total. The largest absolute Gasteiger partial charge is 0.459 e. The second-order valence-electron chi connectivity index (χ2n) is 6.99. The number of carbonyl (C=O) groups is 1. The molecule has 0 saturated carbocycles. The van der Waals surface area contributed by atoms with Crippen molar-refractivity contribution in [2.45, 2.75) is 31.8 Å². The van der Waals surface area contributed by atoms with Crippen molar-refractivity contribution in [2.24, 2.45) is 5.92 Å². The molecule has 2 aromatic heterocycles. The van der Waals surface area contributed by atoms with Gasteiger partial charge in [0.15, 0.2) is 5.76 Å². The van der Waals surface area contributed by atoms with Crippen molar-refractivity contribution in [2.75, 3.05) is 33.5 Å². The highest BCUT2D eigenvalue weighted by molar-refractivity contribution is 5.92. The standard InChI is InChI=1S/C19H25N3O4/c1-24-13-16-18-15(4-7-21(16)19(23)17-3-2-8-26-17)11-20-22(18)12-14-5-9-25-10-6-14/h2-3,8,11,14,16H,4-7,9-10,12-13H2,1H3/t16-/m0/s1. The SMILES string of the molecule is COC[C@H]1c2c(cnn2CC2CCOCC2)CCN1C(=O)c1ccco1. The van der Waals surface area contributed by atoms with Crippen molar-refractivity contribution in [1.29, 1.82) is 0 Å². The van der Waals surface area contributed by atoms with Crippen LogP contribution in [0.4, 0.5) is 0 Å². The highest BCUT2D eigenvalue weighted by Crippen LogP contribution is 2.32. The van der Waals surface area contributed by atoms with Crippen LogP contribution in [0.25, 0.3) is 0 Å². The van der Waals surface area contributed by atoms with E-state index in [4.69, 9.17) is 13.9 Å². The Hall–Kier alpha value is -2.12. The summed E-state index contributed by atoms with van der Waals surface area (Å²) >= 11 is 0. The van der Waals surface area contributed by atoms with Gasteiger partial charge in [-0.2, -0.15) is 5.10 Å². The monoisotopic (exact) mass is 359 g/mol. The van der Waals surface area contributed by atoms with Crippen molar-refractivity contribution in [3.8, 4) is 0 Å². The smallest absolute Gasteiger partial charge is 0.290 e. The molecule has 0 aliphatic carbocycles. The molecule has 1 atom stereocenters. The van der Waals surface area contributed by atoms with E-state index in [9.17, 15) is 4.79 Å². The molecular weight excluding hydrogens is 334 g/mol. The molecule has 0 aromatic carbocycles. The summed E-state index contributed by atoms with van der Waals surface area (Å²) in [5, 5.41) is 4.64. The maximum Gasteiger partial charge on any atom is 0.290 e. The lowest BCUT2D eigenvalue weighted by Gasteiger charge is -2.36. The number of nitrogens with zero attached hydrogens (tertiary/aromatic N) is 3. The van der Waals surface area contributed by atoms with Crippen LogP contribution < -0.4 is 0 Å². The molecule has 2 aliphatic rings. The summed E-state index contributed by atoms with van der Waals surface area (Å²) in [7, 11) is 1.67. The van der Waals surface area contributed by atoms with Crippen molar-refractivity contribution in [1.82, 2.24) is 14.7 Å². The number of furan rings is 1. The Kier molecular flexibility index (Phi) is 5.08. The molecule has 1 amide bonds. The Morgan fingerprint density at radius 3 is 2.96 bits per heavy atom. The molecule has 0 bridgehead atoms. The van der Waals surface area contributed by atoms with Crippen LogP contribution in [0.1, 0.15) is 40.7 Å². The molecule has 7 nitrogen and oxygen atoms in total. The Labute approximate surface area is 152 Å². The molecule has 1 fully saturated rings. The lowest BCUT2D eigenvalue weighted by atomic mass is 9.97. The molecule has 0 unspecified atom stereocenters.